The number of nitrogens with two attached hydrogens (primary N) is 1. The number of rotatable bonds is 2. The summed E-state index contributed by atoms with van der Waals surface area (Å²) in [4.78, 5) is 2.19. The lowest BCUT2D eigenvalue weighted by molar-refractivity contribution is 0.474. The van der Waals surface area contributed by atoms with Gasteiger partial charge in [0, 0.05) is 15.5 Å². The van der Waals surface area contributed by atoms with Crippen LogP contribution < -0.4 is 5.73 Å². The van der Waals surface area contributed by atoms with Gasteiger partial charge in [-0.2, -0.15) is 0 Å². The van der Waals surface area contributed by atoms with E-state index in [1.165, 1.54) is 4.90 Å². The lowest BCUT2D eigenvalue weighted by Gasteiger charge is -2.09. The molecule has 2 rings (SSSR count). The van der Waals surface area contributed by atoms with Gasteiger partial charge in [-0.25, -0.2) is 0 Å². The van der Waals surface area contributed by atoms with Crippen LogP contribution >= 0.6 is 11.8 Å². The molecule has 0 fully saturated rings. The van der Waals surface area contributed by atoms with Gasteiger partial charge in [0.2, 0.25) is 0 Å². The fourth-order valence-corrected chi connectivity index (χ4v) is 2.63. The van der Waals surface area contributed by atoms with Crippen LogP contribution in [-0.4, -0.2) is 5.11 Å². The first-order valence-corrected chi connectivity index (χ1v) is 6.21. The number of nitrogen functional groups attached to an aromatic ring is 1. The molecule has 2 aromatic carbocycles. The molecule has 0 spiro atoms. The van der Waals surface area contributed by atoms with Crippen LogP contribution in [0.5, 0.6) is 5.75 Å². The average Bonchev–Trinajstić information content (AvgIpc) is 2.26. The number of benzene rings is 2. The molecule has 0 radical (unpaired) electrons. The molecule has 0 saturated carbocycles. The maximum absolute atomic E-state index is 9.43. The predicted molar refractivity (Wildman–Crippen MR) is 72.6 cm³/mol. The molecule has 0 atom stereocenters. The van der Waals surface area contributed by atoms with Gasteiger partial charge in [0.1, 0.15) is 5.75 Å². The summed E-state index contributed by atoms with van der Waals surface area (Å²) in [5.41, 5.74) is 8.92. The lowest BCUT2D eigenvalue weighted by atomic mass is 10.1. The normalized spacial score (nSPS) is 10.5. The number of hydrogen-bond acceptors (Lipinski definition) is 3. The third-order valence-corrected chi connectivity index (χ3v) is 3.76. The second-order valence-electron chi connectivity index (χ2n) is 4.07. The smallest absolute Gasteiger partial charge is 0.116 e. The minimum Gasteiger partial charge on any atom is -0.508 e. The highest BCUT2D eigenvalue weighted by molar-refractivity contribution is 7.99. The Hall–Kier alpha value is -1.61. The SMILES string of the molecule is Cc1cc(Sc2cccc(O)c2)c(C)cc1N. The molecule has 3 heteroatoms. The van der Waals surface area contributed by atoms with Gasteiger partial charge in [0.25, 0.3) is 0 Å². The Morgan fingerprint density at radius 3 is 2.53 bits per heavy atom. The first kappa shape index (κ1) is 11.9. The van der Waals surface area contributed by atoms with Gasteiger partial charge < -0.3 is 10.8 Å². The van der Waals surface area contributed by atoms with Crippen molar-refractivity contribution in [1.29, 1.82) is 0 Å². The Bertz CT molecular complexity index is 552. The number of anilines is 1. The molecular formula is C14H15NOS. The summed E-state index contributed by atoms with van der Waals surface area (Å²) in [7, 11) is 0. The molecule has 0 aliphatic heterocycles. The second-order valence-corrected chi connectivity index (χ2v) is 5.19. The number of hydrogen-bond donors (Lipinski definition) is 2. The van der Waals surface area contributed by atoms with Gasteiger partial charge in [-0.15, -0.1) is 0 Å². The molecule has 3 N–H and O–H groups in total. The highest BCUT2D eigenvalue weighted by atomic mass is 32.2. The van der Waals surface area contributed by atoms with Crippen LogP contribution in [0.3, 0.4) is 0 Å². The van der Waals surface area contributed by atoms with Gasteiger partial charge >= 0.3 is 0 Å². The third kappa shape index (κ3) is 2.74. The number of phenols is 1. The minimum absolute atomic E-state index is 0.292. The second kappa shape index (κ2) is 4.72. The zero-order chi connectivity index (χ0) is 12.4. The van der Waals surface area contributed by atoms with Crippen molar-refractivity contribution in [1.82, 2.24) is 0 Å². The Labute approximate surface area is 105 Å². The maximum Gasteiger partial charge on any atom is 0.116 e. The van der Waals surface area contributed by atoms with E-state index in [0.29, 0.717) is 5.75 Å². The largest absolute Gasteiger partial charge is 0.508 e. The van der Waals surface area contributed by atoms with E-state index in [4.69, 9.17) is 5.73 Å². The van der Waals surface area contributed by atoms with Crippen molar-refractivity contribution in [3.63, 3.8) is 0 Å². The number of aromatic hydroxyl groups is 1. The van der Waals surface area contributed by atoms with Gasteiger partial charge in [-0.05, 0) is 55.3 Å². The Balaban J connectivity index is 2.33. The fraction of sp³-hybridized carbons (Fsp3) is 0.143. The first-order chi connectivity index (χ1) is 8.06. The molecular weight excluding hydrogens is 230 g/mol. The molecule has 88 valence electrons. The quantitative estimate of drug-likeness (QED) is 0.792. The molecule has 0 aromatic heterocycles. The van der Waals surface area contributed by atoms with Crippen molar-refractivity contribution in [2.24, 2.45) is 0 Å². The highest BCUT2D eigenvalue weighted by Crippen LogP contribution is 2.33. The summed E-state index contributed by atoms with van der Waals surface area (Å²) in [6.07, 6.45) is 0. The zero-order valence-electron chi connectivity index (χ0n) is 9.90. The van der Waals surface area contributed by atoms with E-state index >= 15 is 0 Å². The van der Waals surface area contributed by atoms with Gasteiger partial charge in [-0.1, -0.05) is 17.8 Å². The van der Waals surface area contributed by atoms with Gasteiger partial charge in [-0.3, -0.25) is 0 Å². The van der Waals surface area contributed by atoms with E-state index in [0.717, 1.165) is 21.7 Å². The van der Waals surface area contributed by atoms with Crippen LogP contribution in [0.1, 0.15) is 11.1 Å². The summed E-state index contributed by atoms with van der Waals surface area (Å²) >= 11 is 1.64. The summed E-state index contributed by atoms with van der Waals surface area (Å²) < 4.78 is 0. The van der Waals surface area contributed by atoms with Gasteiger partial charge in [0.05, 0.1) is 0 Å². The number of phenolic OH excluding ortho intramolecular Hbond substituents is 1. The lowest BCUT2D eigenvalue weighted by Crippen LogP contribution is -1.92. The number of aryl methyl sites for hydroxylation is 2. The molecule has 2 aromatic rings. The Kier molecular flexibility index (Phi) is 3.29. The summed E-state index contributed by atoms with van der Waals surface area (Å²) in [6.45, 7) is 4.04. The Morgan fingerprint density at radius 2 is 1.82 bits per heavy atom. The summed E-state index contributed by atoms with van der Waals surface area (Å²) in [6, 6.07) is 11.3. The topological polar surface area (TPSA) is 46.2 Å². The maximum atomic E-state index is 9.43. The van der Waals surface area contributed by atoms with Crippen molar-refractivity contribution in [2.45, 2.75) is 23.6 Å². The van der Waals surface area contributed by atoms with Crippen molar-refractivity contribution in [3.05, 3.63) is 47.5 Å². The van der Waals surface area contributed by atoms with Crippen LogP contribution in [0.4, 0.5) is 5.69 Å². The van der Waals surface area contributed by atoms with E-state index < -0.39 is 0 Å². The average molecular weight is 245 g/mol. The molecule has 0 saturated heterocycles. The van der Waals surface area contributed by atoms with E-state index in [-0.39, 0.29) is 0 Å². The van der Waals surface area contributed by atoms with E-state index in [2.05, 4.69) is 6.07 Å². The molecule has 17 heavy (non-hydrogen) atoms. The highest BCUT2D eigenvalue weighted by Gasteiger charge is 2.04. The molecule has 0 heterocycles. The first-order valence-electron chi connectivity index (χ1n) is 5.40. The molecule has 0 bridgehead atoms. The molecule has 0 unspecified atom stereocenters. The van der Waals surface area contributed by atoms with Crippen LogP contribution in [0, 0.1) is 13.8 Å². The monoisotopic (exact) mass is 245 g/mol. The van der Waals surface area contributed by atoms with E-state index in [9.17, 15) is 5.11 Å². The molecule has 0 aliphatic rings. The third-order valence-electron chi connectivity index (χ3n) is 2.61. The van der Waals surface area contributed by atoms with Crippen molar-refractivity contribution < 1.29 is 5.11 Å². The van der Waals surface area contributed by atoms with Crippen molar-refractivity contribution >= 4 is 17.4 Å². The van der Waals surface area contributed by atoms with E-state index in [1.807, 2.05) is 32.0 Å². The van der Waals surface area contributed by atoms with Crippen molar-refractivity contribution in [2.75, 3.05) is 5.73 Å². The molecule has 2 nitrogen and oxygen atoms in total. The van der Waals surface area contributed by atoms with Crippen LogP contribution in [0.25, 0.3) is 0 Å². The van der Waals surface area contributed by atoms with Gasteiger partial charge in [0.15, 0.2) is 0 Å². The zero-order valence-corrected chi connectivity index (χ0v) is 10.7. The van der Waals surface area contributed by atoms with E-state index in [1.54, 1.807) is 23.9 Å². The van der Waals surface area contributed by atoms with Crippen LogP contribution in [0.2, 0.25) is 0 Å². The standard InChI is InChI=1S/C14H15NOS/c1-9-7-14(10(2)6-13(9)15)17-12-5-3-4-11(16)8-12/h3-8,16H,15H2,1-2H3. The van der Waals surface area contributed by atoms with Crippen molar-refractivity contribution in [3.8, 4) is 5.75 Å². The molecule has 0 aliphatic carbocycles. The fourth-order valence-electron chi connectivity index (χ4n) is 1.60. The summed E-state index contributed by atoms with van der Waals surface area (Å²) in [5, 5.41) is 9.43. The Morgan fingerprint density at radius 1 is 1.06 bits per heavy atom. The predicted octanol–water partition coefficient (Wildman–Crippen LogP) is 3.74. The van der Waals surface area contributed by atoms with Crippen LogP contribution in [0.15, 0.2) is 46.2 Å². The summed E-state index contributed by atoms with van der Waals surface area (Å²) in [5.74, 6) is 0.292. The van der Waals surface area contributed by atoms with Crippen LogP contribution in [-0.2, 0) is 0 Å². The minimum atomic E-state index is 0.292. The molecule has 0 amide bonds.